The van der Waals surface area contributed by atoms with Gasteiger partial charge in [-0.05, 0) is 60.9 Å². The van der Waals surface area contributed by atoms with E-state index < -0.39 is 12.1 Å². The van der Waals surface area contributed by atoms with E-state index in [1.807, 2.05) is 31.3 Å². The molecule has 0 spiro atoms. The van der Waals surface area contributed by atoms with Gasteiger partial charge in [-0.2, -0.15) is 0 Å². The van der Waals surface area contributed by atoms with Gasteiger partial charge in [0, 0.05) is 25.4 Å². The van der Waals surface area contributed by atoms with Crippen LogP contribution >= 0.6 is 23.2 Å². The summed E-state index contributed by atoms with van der Waals surface area (Å²) in [7, 11) is 0. The van der Waals surface area contributed by atoms with Crippen molar-refractivity contribution in [3.05, 3.63) is 70.9 Å². The Kier molecular flexibility index (Phi) is 11.9. The smallest absolute Gasteiger partial charge is 0.303 e. The van der Waals surface area contributed by atoms with Crippen molar-refractivity contribution in [3.63, 3.8) is 0 Å². The predicted molar refractivity (Wildman–Crippen MR) is 149 cm³/mol. The Morgan fingerprint density at radius 2 is 1.83 bits per heavy atom. The lowest BCUT2D eigenvalue weighted by Crippen LogP contribution is -2.26. The van der Waals surface area contributed by atoms with Crippen molar-refractivity contribution >= 4 is 29.2 Å². The number of aryl methyl sites for hydroxylation is 1. The van der Waals surface area contributed by atoms with Crippen LogP contribution in [0.15, 0.2) is 49.2 Å². The third-order valence-corrected chi connectivity index (χ3v) is 6.70. The molecule has 0 amide bonds. The van der Waals surface area contributed by atoms with Crippen molar-refractivity contribution in [1.29, 1.82) is 0 Å². The molecule has 0 aliphatic rings. The molecule has 0 heterocycles. The molecule has 0 saturated carbocycles. The Balaban J connectivity index is 2.04. The first-order valence-corrected chi connectivity index (χ1v) is 13.3. The number of hydrogen-bond donors (Lipinski definition) is 0. The molecule has 2 aromatic rings. The van der Waals surface area contributed by atoms with E-state index in [1.54, 1.807) is 0 Å². The molecule has 0 bridgehead atoms. The Morgan fingerprint density at radius 3 is 2.39 bits per heavy atom. The number of ether oxygens (including phenoxy) is 3. The van der Waals surface area contributed by atoms with Gasteiger partial charge >= 0.3 is 5.97 Å². The number of carbonyl (C=O) groups is 1. The number of rotatable bonds is 15. The first kappa shape index (κ1) is 29.9. The quantitative estimate of drug-likeness (QED) is 0.138. The van der Waals surface area contributed by atoms with E-state index in [0.717, 1.165) is 48.4 Å². The highest BCUT2D eigenvalue weighted by Crippen LogP contribution is 2.38. The first-order valence-electron chi connectivity index (χ1n) is 12.4. The average Bonchev–Trinajstić information content (AvgIpc) is 2.84. The zero-order chi connectivity index (χ0) is 26.7. The predicted octanol–water partition coefficient (Wildman–Crippen LogP) is 7.15. The molecule has 198 valence electrons. The van der Waals surface area contributed by atoms with Crippen molar-refractivity contribution in [2.24, 2.45) is 0 Å². The number of hydrogen-bond acceptors (Lipinski definition) is 5. The molecule has 0 radical (unpaired) electrons. The van der Waals surface area contributed by atoms with Gasteiger partial charge in [-0.25, -0.2) is 0 Å². The topological polar surface area (TPSA) is 48.0 Å². The van der Waals surface area contributed by atoms with Gasteiger partial charge in [0.1, 0.15) is 24.2 Å². The maximum atomic E-state index is 11.2. The minimum Gasteiger partial charge on any atom is -0.494 e. The van der Waals surface area contributed by atoms with Gasteiger partial charge in [0.05, 0.1) is 17.5 Å². The van der Waals surface area contributed by atoms with Gasteiger partial charge in [0.15, 0.2) is 0 Å². The minimum atomic E-state index is -0.534. The number of carbonyl (C=O) groups excluding carboxylic acids is 1. The van der Waals surface area contributed by atoms with Gasteiger partial charge in [0.25, 0.3) is 0 Å². The Labute approximate surface area is 226 Å². The number of esters is 1. The monoisotopic (exact) mass is 535 g/mol. The lowest BCUT2D eigenvalue weighted by molar-refractivity contribution is -0.146. The minimum absolute atomic E-state index is 0.137. The first-order chi connectivity index (χ1) is 17.1. The highest BCUT2D eigenvalue weighted by atomic mass is 35.5. The van der Waals surface area contributed by atoms with Crippen LogP contribution in [-0.4, -0.2) is 49.2 Å². The second kappa shape index (κ2) is 14.4. The summed E-state index contributed by atoms with van der Waals surface area (Å²) >= 11 is 12.5. The van der Waals surface area contributed by atoms with E-state index in [9.17, 15) is 4.79 Å². The van der Waals surface area contributed by atoms with Gasteiger partial charge in [-0.3, -0.25) is 4.79 Å². The average molecular weight is 537 g/mol. The molecular formula is C29H39Cl2NO4. The van der Waals surface area contributed by atoms with E-state index in [-0.39, 0.29) is 17.9 Å². The van der Waals surface area contributed by atoms with Crippen molar-refractivity contribution in [2.45, 2.75) is 59.0 Å². The molecule has 0 saturated heterocycles. The fourth-order valence-corrected chi connectivity index (χ4v) is 4.44. The molecule has 1 atom stereocenters. The van der Waals surface area contributed by atoms with Crippen LogP contribution in [-0.2, 0) is 14.9 Å². The molecule has 36 heavy (non-hydrogen) atoms. The summed E-state index contributed by atoms with van der Waals surface area (Å²) in [4.78, 5) is 13.4. The van der Waals surface area contributed by atoms with Crippen molar-refractivity contribution < 1.29 is 19.0 Å². The maximum Gasteiger partial charge on any atom is 0.303 e. The number of benzene rings is 2. The van der Waals surface area contributed by atoms with Crippen LogP contribution in [0.2, 0.25) is 5.02 Å². The van der Waals surface area contributed by atoms with Crippen LogP contribution in [0.25, 0.3) is 0 Å². The summed E-state index contributed by atoms with van der Waals surface area (Å²) in [6.07, 6.45) is 3.41. The summed E-state index contributed by atoms with van der Waals surface area (Å²) in [6.45, 7) is 16.4. The van der Waals surface area contributed by atoms with Gasteiger partial charge in [-0.1, -0.05) is 57.2 Å². The van der Waals surface area contributed by atoms with E-state index in [2.05, 4.69) is 50.4 Å². The number of halogens is 2. The van der Waals surface area contributed by atoms with Crippen LogP contribution in [0, 0.1) is 6.92 Å². The molecule has 0 N–H and O–H groups in total. The molecule has 0 aliphatic heterocycles. The van der Waals surface area contributed by atoms with Crippen LogP contribution in [0.3, 0.4) is 0 Å². The third-order valence-electron chi connectivity index (χ3n) is 6.07. The summed E-state index contributed by atoms with van der Waals surface area (Å²) in [5, 5.41) is 0.505. The highest BCUT2D eigenvalue weighted by molar-refractivity contribution is 6.32. The lowest BCUT2D eigenvalue weighted by Gasteiger charge is -2.28. The van der Waals surface area contributed by atoms with Crippen LogP contribution in [0.1, 0.15) is 57.2 Å². The standard InChI is InChI=1S/C29H39Cl2NO4/c1-7-14-32(8-2)15-9-16-34-25-12-10-23(11-13-25)29(5,6)24-17-21(3)28(27(31)18-24)35-20-26(19-30)36-22(4)33/h8,10-13,17-18,26H,2,7,9,14-16,19-20H2,1,3-6H3/t26-/m0/s1. The molecule has 2 rings (SSSR count). The summed E-state index contributed by atoms with van der Waals surface area (Å²) in [5.74, 6) is 1.17. The third kappa shape index (κ3) is 8.63. The maximum absolute atomic E-state index is 11.2. The Bertz CT molecular complexity index is 968. The van der Waals surface area contributed by atoms with Crippen molar-refractivity contribution in [1.82, 2.24) is 4.90 Å². The second-order valence-corrected chi connectivity index (χ2v) is 10.1. The van der Waals surface area contributed by atoms with Crippen LogP contribution in [0.5, 0.6) is 11.5 Å². The second-order valence-electron chi connectivity index (χ2n) is 9.37. The van der Waals surface area contributed by atoms with E-state index >= 15 is 0 Å². The van der Waals surface area contributed by atoms with E-state index in [0.29, 0.717) is 17.4 Å². The zero-order valence-electron chi connectivity index (χ0n) is 22.1. The van der Waals surface area contributed by atoms with Crippen LogP contribution in [0.4, 0.5) is 0 Å². The Morgan fingerprint density at radius 1 is 1.14 bits per heavy atom. The van der Waals surface area contributed by atoms with E-state index in [1.165, 1.54) is 6.92 Å². The molecular weight excluding hydrogens is 497 g/mol. The SMILES string of the molecule is C=CN(CCC)CCCOc1ccc(C(C)(C)c2cc(C)c(OC[C@H](CCl)OC(C)=O)c(Cl)c2)cc1. The summed E-state index contributed by atoms with van der Waals surface area (Å²) in [6, 6.07) is 12.2. The fourth-order valence-electron chi connectivity index (χ4n) is 3.97. The molecule has 5 nitrogen and oxygen atoms in total. The molecule has 2 aromatic carbocycles. The summed E-state index contributed by atoms with van der Waals surface area (Å²) in [5.41, 5.74) is 2.84. The van der Waals surface area contributed by atoms with Crippen molar-refractivity contribution in [2.75, 3.05) is 32.2 Å². The summed E-state index contributed by atoms with van der Waals surface area (Å²) < 4.78 is 17.0. The van der Waals surface area contributed by atoms with Gasteiger partial charge < -0.3 is 19.1 Å². The molecule has 0 fully saturated rings. The van der Waals surface area contributed by atoms with Gasteiger partial charge in [-0.15, -0.1) is 11.6 Å². The Hall–Kier alpha value is -2.37. The largest absolute Gasteiger partial charge is 0.494 e. The molecule has 0 unspecified atom stereocenters. The molecule has 7 heteroatoms. The molecule has 0 aromatic heterocycles. The van der Waals surface area contributed by atoms with Gasteiger partial charge in [0.2, 0.25) is 0 Å². The molecule has 0 aliphatic carbocycles. The zero-order valence-corrected chi connectivity index (χ0v) is 23.6. The van der Waals surface area contributed by atoms with E-state index in [4.69, 9.17) is 37.4 Å². The highest BCUT2D eigenvalue weighted by Gasteiger charge is 2.25. The normalized spacial score (nSPS) is 12.1. The number of alkyl halides is 1. The number of nitrogens with zero attached hydrogens (tertiary/aromatic N) is 1. The lowest BCUT2D eigenvalue weighted by atomic mass is 9.77. The van der Waals surface area contributed by atoms with Crippen LogP contribution < -0.4 is 9.47 Å². The fraction of sp³-hybridized carbons (Fsp3) is 0.483. The van der Waals surface area contributed by atoms with Crippen molar-refractivity contribution in [3.8, 4) is 11.5 Å².